The van der Waals surface area contributed by atoms with Crippen molar-refractivity contribution >= 4 is 48.6 Å². The van der Waals surface area contributed by atoms with E-state index in [1.54, 1.807) is 53.4 Å². The molecule has 2 fully saturated rings. The lowest BCUT2D eigenvalue weighted by Gasteiger charge is -2.39. The average Bonchev–Trinajstić information content (AvgIpc) is 3.65. The molecule has 5 aromatic rings. The highest BCUT2D eigenvalue weighted by molar-refractivity contribution is 7.91. The maximum Gasteiger partial charge on any atom is 0.410 e. The number of nitrogens with zero attached hydrogens (tertiary/aromatic N) is 5. The summed E-state index contributed by atoms with van der Waals surface area (Å²) in [5.41, 5.74) is 3.30. The van der Waals surface area contributed by atoms with E-state index in [1.165, 1.54) is 10.2 Å². The number of amides is 2. The zero-order valence-corrected chi connectivity index (χ0v) is 35.1. The van der Waals surface area contributed by atoms with E-state index in [9.17, 15) is 18.0 Å². The van der Waals surface area contributed by atoms with Crippen LogP contribution in [0.5, 0.6) is 0 Å². The van der Waals surface area contributed by atoms with Crippen molar-refractivity contribution in [2.75, 3.05) is 44.4 Å². The molecule has 3 aliphatic heterocycles. The van der Waals surface area contributed by atoms with E-state index in [1.807, 2.05) is 75.4 Å². The first-order valence-electron chi connectivity index (χ1n) is 19.7. The van der Waals surface area contributed by atoms with E-state index in [0.717, 1.165) is 11.1 Å². The third-order valence-electron chi connectivity index (χ3n) is 11.9. The lowest BCUT2D eigenvalue weighted by atomic mass is 9.72. The Labute approximate surface area is 340 Å². The first-order chi connectivity index (χ1) is 27.5. The van der Waals surface area contributed by atoms with Gasteiger partial charge in [0.05, 0.1) is 33.1 Å². The molecule has 0 N–H and O–H groups in total. The quantitative estimate of drug-likeness (QED) is 0.172. The lowest BCUT2D eigenvalue weighted by Crippen LogP contribution is -2.50. The largest absolute Gasteiger partial charge is 0.444 e. The molecule has 0 unspecified atom stereocenters. The van der Waals surface area contributed by atoms with Crippen LogP contribution in [-0.4, -0.2) is 97.9 Å². The van der Waals surface area contributed by atoms with Crippen molar-refractivity contribution in [1.29, 1.82) is 0 Å². The highest BCUT2D eigenvalue weighted by Gasteiger charge is 2.54. The molecule has 0 saturated carbocycles. The minimum Gasteiger partial charge on any atom is -0.444 e. The van der Waals surface area contributed by atoms with Crippen molar-refractivity contribution in [3.8, 4) is 22.4 Å². The lowest BCUT2D eigenvalue weighted by molar-refractivity contribution is -0.124. The van der Waals surface area contributed by atoms with Crippen LogP contribution in [0.2, 0.25) is 0 Å². The molecule has 1 spiro atoms. The van der Waals surface area contributed by atoms with Gasteiger partial charge in [0.15, 0.2) is 5.65 Å². The van der Waals surface area contributed by atoms with Crippen LogP contribution in [0, 0.1) is 0 Å². The van der Waals surface area contributed by atoms with Gasteiger partial charge < -0.3 is 14.5 Å². The molecule has 3 aliphatic rings. The van der Waals surface area contributed by atoms with E-state index >= 15 is 8.42 Å². The van der Waals surface area contributed by atoms with Crippen LogP contribution in [0.15, 0.2) is 96.0 Å². The number of rotatable bonds is 7. The van der Waals surface area contributed by atoms with E-state index in [4.69, 9.17) is 9.72 Å². The summed E-state index contributed by atoms with van der Waals surface area (Å²) < 4.78 is 61.5. The molecule has 2 saturated heterocycles. The summed E-state index contributed by atoms with van der Waals surface area (Å²) in [6.07, 6.45) is 4.29. The van der Waals surface area contributed by atoms with E-state index in [-0.39, 0.29) is 34.8 Å². The Morgan fingerprint density at radius 1 is 0.845 bits per heavy atom. The molecule has 12 nitrogen and oxygen atoms in total. The fourth-order valence-electron chi connectivity index (χ4n) is 8.95. The van der Waals surface area contributed by atoms with Crippen LogP contribution in [0.1, 0.15) is 57.6 Å². The topological polar surface area (TPSA) is 139 Å². The summed E-state index contributed by atoms with van der Waals surface area (Å²) >= 11 is 0. The number of anilines is 1. The average molecular weight is 824 g/mol. The molecular formula is C44H49N5O7S2. The molecule has 0 atom stereocenters. The molecule has 2 amide bonds. The molecule has 2 aromatic heterocycles. The second-order valence-electron chi connectivity index (χ2n) is 16.8. The summed E-state index contributed by atoms with van der Waals surface area (Å²) in [7, 11) is -5.64. The Morgan fingerprint density at radius 3 is 2.03 bits per heavy atom. The van der Waals surface area contributed by atoms with Crippen molar-refractivity contribution < 1.29 is 31.2 Å². The van der Waals surface area contributed by atoms with E-state index < -0.39 is 37.0 Å². The number of ether oxygens (including phenoxy) is 1. The predicted octanol–water partition coefficient (Wildman–Crippen LogP) is 6.86. The minimum atomic E-state index is -4.28. The first-order valence-corrected chi connectivity index (χ1v) is 23.1. The number of aromatic nitrogens is 2. The first kappa shape index (κ1) is 39.8. The number of sulfone groups is 1. The standard InChI is InChI=1S/C44H49N5O7S2/c1-43(2,3)56-42(51)48-26-22-44(23-27-48)38-35(46(4)41(44)50)28-45-40-37(38)36(31-12-8-6-9-13-31)39(49(40)58(54,55)34-14-10-7-11-15-34)32-18-16-30(17-19-32)29-47-24-20-33(21-25-47)57(5,52)53/h6-19,28,33H,20-27,29H2,1-5H3. The van der Waals surface area contributed by atoms with Crippen molar-refractivity contribution in [2.45, 2.75) is 74.2 Å². The zero-order valence-electron chi connectivity index (χ0n) is 33.5. The predicted molar refractivity (Wildman–Crippen MR) is 225 cm³/mol. The van der Waals surface area contributed by atoms with Crippen molar-refractivity contribution in [2.24, 2.45) is 0 Å². The maximum atomic E-state index is 15.1. The Hall–Kier alpha value is -5.05. The van der Waals surface area contributed by atoms with Gasteiger partial charge in [-0.15, -0.1) is 0 Å². The van der Waals surface area contributed by atoms with Crippen LogP contribution in [-0.2, 0) is 41.4 Å². The molecular weight excluding hydrogens is 775 g/mol. The molecule has 8 rings (SSSR count). The van der Waals surface area contributed by atoms with Gasteiger partial charge in [0.2, 0.25) is 5.91 Å². The molecule has 0 aliphatic carbocycles. The van der Waals surface area contributed by atoms with Gasteiger partial charge in [0.1, 0.15) is 15.4 Å². The number of pyridine rings is 1. The summed E-state index contributed by atoms with van der Waals surface area (Å²) in [4.78, 5) is 38.3. The van der Waals surface area contributed by atoms with Gasteiger partial charge in [-0.05, 0) is 88.4 Å². The Morgan fingerprint density at radius 2 is 1.45 bits per heavy atom. The SMILES string of the molecule is CN1C(=O)C2(CCN(C(=O)OC(C)(C)C)CC2)c2c1cnc1c2c(-c2ccccc2)c(-c2ccc(CN3CCC(S(C)(=O)=O)CC3)cc2)n1S(=O)(=O)c1ccccc1. The summed E-state index contributed by atoms with van der Waals surface area (Å²) in [5, 5.41) is 0.261. The molecule has 58 heavy (non-hydrogen) atoms. The van der Waals surface area contributed by atoms with Crippen LogP contribution < -0.4 is 4.90 Å². The number of likely N-dealkylation sites (N-methyl/N-ethyl adjacent to an activating group) is 1. The summed E-state index contributed by atoms with van der Waals surface area (Å²) in [6, 6.07) is 25.8. The number of benzene rings is 3. The number of hydrogen-bond acceptors (Lipinski definition) is 9. The third-order valence-corrected chi connectivity index (χ3v) is 15.2. The van der Waals surface area contributed by atoms with Gasteiger partial charge in [0.25, 0.3) is 10.0 Å². The summed E-state index contributed by atoms with van der Waals surface area (Å²) in [5.74, 6) is -0.121. The highest BCUT2D eigenvalue weighted by Crippen LogP contribution is 2.54. The number of piperidine rings is 2. The molecule has 14 heteroatoms. The molecule has 5 heterocycles. The van der Waals surface area contributed by atoms with Crippen molar-refractivity contribution in [3.05, 3.63) is 102 Å². The summed E-state index contributed by atoms with van der Waals surface area (Å²) in [6.45, 7) is 7.99. The number of carbonyl (C=O) groups is 2. The second-order valence-corrected chi connectivity index (χ2v) is 20.9. The Balaban J connectivity index is 1.31. The maximum absolute atomic E-state index is 15.1. The number of hydrogen-bond donors (Lipinski definition) is 0. The molecule has 304 valence electrons. The van der Waals surface area contributed by atoms with Gasteiger partial charge >= 0.3 is 6.09 Å². The van der Waals surface area contributed by atoms with Crippen LogP contribution >= 0.6 is 0 Å². The molecule has 0 radical (unpaired) electrons. The van der Waals surface area contributed by atoms with Crippen LogP contribution in [0.3, 0.4) is 0 Å². The third kappa shape index (κ3) is 6.98. The Bertz CT molecular complexity index is 2610. The zero-order chi connectivity index (χ0) is 41.2. The smallest absolute Gasteiger partial charge is 0.410 e. The van der Waals surface area contributed by atoms with Gasteiger partial charge in [-0.3, -0.25) is 9.69 Å². The van der Waals surface area contributed by atoms with Gasteiger partial charge in [0, 0.05) is 49.5 Å². The van der Waals surface area contributed by atoms with Crippen LogP contribution in [0.4, 0.5) is 10.5 Å². The van der Waals surface area contributed by atoms with E-state index in [2.05, 4.69) is 4.90 Å². The van der Waals surface area contributed by atoms with Gasteiger partial charge in [-0.25, -0.2) is 30.6 Å². The number of carbonyl (C=O) groups excluding carboxylic acids is 2. The molecule has 0 bridgehead atoms. The minimum absolute atomic E-state index is 0.0951. The molecule has 3 aromatic carbocycles. The number of fused-ring (bicyclic) bond motifs is 4. The normalized spacial score (nSPS) is 17.9. The van der Waals surface area contributed by atoms with Gasteiger partial charge in [-0.2, -0.15) is 0 Å². The monoisotopic (exact) mass is 823 g/mol. The number of likely N-dealkylation sites (tertiary alicyclic amines) is 2. The van der Waals surface area contributed by atoms with E-state index in [0.29, 0.717) is 78.8 Å². The Kier molecular flexibility index (Phi) is 10.0. The highest BCUT2D eigenvalue weighted by atomic mass is 32.2. The fraction of sp³-hybridized carbons (Fsp3) is 0.386. The van der Waals surface area contributed by atoms with Crippen LogP contribution in [0.25, 0.3) is 33.4 Å². The van der Waals surface area contributed by atoms with Crippen molar-refractivity contribution in [3.63, 3.8) is 0 Å². The van der Waals surface area contributed by atoms with Gasteiger partial charge in [-0.1, -0.05) is 72.8 Å². The second kappa shape index (κ2) is 14.6. The fourth-order valence-corrected chi connectivity index (χ4v) is 11.5. The van der Waals surface area contributed by atoms with Crippen molar-refractivity contribution in [1.82, 2.24) is 18.8 Å².